The second-order valence-electron chi connectivity index (χ2n) is 18.1. The molecule has 3 aromatic heterocycles. The summed E-state index contributed by atoms with van der Waals surface area (Å²) in [5.74, 6) is 3.43. The molecule has 0 aliphatic carbocycles. The van der Waals surface area contributed by atoms with Crippen LogP contribution in [-0.2, 0) is 10.8 Å². The average molecular weight is 818 g/mol. The maximum Gasteiger partial charge on any atom is 0.166 e. The highest BCUT2D eigenvalue weighted by Gasteiger charge is 2.25. The highest BCUT2D eigenvalue weighted by Crippen LogP contribution is 2.41. The van der Waals surface area contributed by atoms with Crippen molar-refractivity contribution in [2.75, 3.05) is 0 Å². The summed E-state index contributed by atoms with van der Waals surface area (Å²) in [7, 11) is 0. The van der Waals surface area contributed by atoms with E-state index < -0.39 is 0 Å². The van der Waals surface area contributed by atoms with E-state index in [2.05, 4.69) is 101 Å². The van der Waals surface area contributed by atoms with Crippen LogP contribution in [0.5, 0.6) is 0 Å². The second-order valence-corrected chi connectivity index (χ2v) is 18.1. The molecule has 0 fully saturated rings. The van der Waals surface area contributed by atoms with Crippen LogP contribution >= 0.6 is 0 Å². The van der Waals surface area contributed by atoms with Crippen molar-refractivity contribution in [1.29, 1.82) is 0 Å². The quantitative estimate of drug-likeness (QED) is 0.159. The third kappa shape index (κ3) is 7.67. The van der Waals surface area contributed by atoms with E-state index >= 15 is 0 Å². The van der Waals surface area contributed by atoms with Gasteiger partial charge in [0.05, 0.1) is 16.7 Å². The molecule has 7 heteroatoms. The average Bonchev–Trinajstić information content (AvgIpc) is 3.64. The third-order valence-electron chi connectivity index (χ3n) is 11.6. The predicted molar refractivity (Wildman–Crippen MR) is 258 cm³/mol. The van der Waals surface area contributed by atoms with Gasteiger partial charge in [0.2, 0.25) is 0 Å². The van der Waals surface area contributed by atoms with E-state index in [0.29, 0.717) is 34.9 Å². The molecule has 0 atom stereocenters. The van der Waals surface area contributed by atoms with Crippen molar-refractivity contribution in [3.63, 3.8) is 0 Å². The third-order valence-corrected chi connectivity index (χ3v) is 11.6. The van der Waals surface area contributed by atoms with Crippen molar-refractivity contribution in [2.24, 2.45) is 0 Å². The Bertz CT molecular complexity index is 3090. The van der Waals surface area contributed by atoms with Gasteiger partial charge in [-0.2, -0.15) is 0 Å². The fourth-order valence-corrected chi connectivity index (χ4v) is 8.13. The van der Waals surface area contributed by atoms with Crippen LogP contribution in [-0.4, -0.2) is 34.5 Å². The molecule has 3 heterocycles. The summed E-state index contributed by atoms with van der Waals surface area (Å²) in [6.45, 7) is 13.6. The van der Waals surface area contributed by atoms with Crippen molar-refractivity contribution in [1.82, 2.24) is 34.5 Å². The smallest absolute Gasteiger partial charge is 0.166 e. The normalized spacial score (nSPS) is 12.0. The number of hydrogen-bond acceptors (Lipinski definition) is 6. The molecule has 0 N–H and O–H groups in total. The van der Waals surface area contributed by atoms with E-state index in [0.717, 1.165) is 50.1 Å². The van der Waals surface area contributed by atoms with E-state index in [9.17, 15) is 0 Å². The minimum absolute atomic E-state index is 0.0757. The van der Waals surface area contributed by atoms with Gasteiger partial charge in [0.15, 0.2) is 34.9 Å². The minimum Gasteiger partial charge on any atom is -0.308 e. The largest absolute Gasteiger partial charge is 0.308 e. The van der Waals surface area contributed by atoms with Crippen LogP contribution in [0.4, 0.5) is 0 Å². The van der Waals surface area contributed by atoms with Crippen molar-refractivity contribution in [3.05, 3.63) is 187 Å². The number of hydrogen-bond donors (Lipinski definition) is 0. The van der Waals surface area contributed by atoms with E-state index in [-0.39, 0.29) is 10.8 Å². The molecule has 0 spiro atoms. The monoisotopic (exact) mass is 817 g/mol. The Hall–Kier alpha value is -7.64. The summed E-state index contributed by atoms with van der Waals surface area (Å²) < 4.78 is 2.40. The molecule has 63 heavy (non-hydrogen) atoms. The summed E-state index contributed by atoms with van der Waals surface area (Å²) in [4.78, 5) is 31.0. The molecule has 0 radical (unpaired) electrons. The van der Waals surface area contributed by atoms with Crippen molar-refractivity contribution in [3.8, 4) is 74.0 Å². The Kier molecular flexibility index (Phi) is 9.83. The van der Waals surface area contributed by atoms with Crippen LogP contribution in [0.1, 0.15) is 52.7 Å². The van der Waals surface area contributed by atoms with Gasteiger partial charge < -0.3 is 4.57 Å². The van der Waals surface area contributed by atoms with E-state index in [4.69, 9.17) is 29.9 Å². The molecule has 0 unspecified atom stereocenters. The van der Waals surface area contributed by atoms with Gasteiger partial charge in [0.25, 0.3) is 0 Å². The number of rotatable bonds is 7. The number of fused-ring (bicyclic) bond motifs is 3. The molecule has 7 aromatic carbocycles. The van der Waals surface area contributed by atoms with E-state index in [1.807, 2.05) is 121 Å². The zero-order valence-electron chi connectivity index (χ0n) is 36.4. The Labute approximate surface area is 368 Å². The number of benzene rings is 7. The second kappa shape index (κ2) is 15.7. The lowest BCUT2D eigenvalue weighted by Crippen LogP contribution is -2.11. The van der Waals surface area contributed by atoms with Crippen molar-refractivity contribution < 1.29 is 0 Å². The molecule has 0 bridgehead atoms. The Balaban J connectivity index is 1.31. The van der Waals surface area contributed by atoms with Crippen LogP contribution in [0.2, 0.25) is 0 Å². The molecule has 306 valence electrons. The fraction of sp³-hybridized carbons (Fsp3) is 0.143. The lowest BCUT2D eigenvalue weighted by molar-refractivity contribution is 0.591. The summed E-state index contributed by atoms with van der Waals surface area (Å²) >= 11 is 0. The molecular formula is C56H47N7. The van der Waals surface area contributed by atoms with Gasteiger partial charge in [-0.3, -0.25) is 0 Å². The minimum atomic E-state index is -0.0757. The molecule has 7 nitrogen and oxygen atoms in total. The van der Waals surface area contributed by atoms with Gasteiger partial charge in [-0.15, -0.1) is 0 Å². The standard InChI is InChI=1S/C56H47N7/c1-55(2,3)41-28-30-43-44-31-29-42(56(4,5)6)35-48(44)63(47(43)34-41)46-32-27-40(53-59-49(36-19-11-7-12-20-36)57-50(60-53)37-21-13-8-14-22-37)33-45(46)54-61-51(38-23-15-9-16-24-38)58-52(62-54)39-25-17-10-18-26-39/h7-35H,1-6H3. The van der Waals surface area contributed by atoms with Crippen LogP contribution in [0.15, 0.2) is 176 Å². The van der Waals surface area contributed by atoms with Gasteiger partial charge in [-0.05, 0) is 52.3 Å². The topological polar surface area (TPSA) is 82.3 Å². The lowest BCUT2D eigenvalue weighted by atomic mass is 9.86. The highest BCUT2D eigenvalue weighted by atomic mass is 15.1. The zero-order chi connectivity index (χ0) is 43.3. The number of nitrogens with zero attached hydrogens (tertiary/aromatic N) is 7. The molecule has 10 aromatic rings. The molecule has 10 rings (SSSR count). The first-order valence-corrected chi connectivity index (χ1v) is 21.5. The Morgan fingerprint density at radius 1 is 0.317 bits per heavy atom. The summed E-state index contributed by atoms with van der Waals surface area (Å²) in [5.41, 5.74) is 10.7. The Morgan fingerprint density at radius 2 is 0.651 bits per heavy atom. The first-order valence-electron chi connectivity index (χ1n) is 21.5. The fourth-order valence-electron chi connectivity index (χ4n) is 8.13. The molecule has 0 aliphatic rings. The highest BCUT2D eigenvalue weighted by molar-refractivity contribution is 6.10. The molecule has 0 amide bonds. The molecule has 0 saturated carbocycles. The molecule has 0 saturated heterocycles. The van der Waals surface area contributed by atoms with Crippen LogP contribution in [0, 0.1) is 0 Å². The lowest BCUT2D eigenvalue weighted by Gasteiger charge is -2.21. The molecule has 0 aliphatic heterocycles. The maximum atomic E-state index is 5.32. The van der Waals surface area contributed by atoms with Gasteiger partial charge in [-0.1, -0.05) is 187 Å². The summed E-state index contributed by atoms with van der Waals surface area (Å²) in [5, 5.41) is 2.35. The van der Waals surface area contributed by atoms with Gasteiger partial charge in [-0.25, -0.2) is 29.9 Å². The van der Waals surface area contributed by atoms with Gasteiger partial charge in [0, 0.05) is 44.2 Å². The van der Waals surface area contributed by atoms with E-state index in [1.54, 1.807) is 0 Å². The van der Waals surface area contributed by atoms with Crippen molar-refractivity contribution >= 4 is 21.8 Å². The van der Waals surface area contributed by atoms with E-state index in [1.165, 1.54) is 21.9 Å². The SMILES string of the molecule is CC(C)(C)c1ccc2c3ccc(C(C)(C)C)cc3n(-c3ccc(-c4nc(-c5ccccc5)nc(-c5ccccc5)n4)cc3-c3nc(-c4ccccc4)nc(-c4ccccc4)n3)c2c1. The molecular weight excluding hydrogens is 771 g/mol. The van der Waals surface area contributed by atoms with Crippen LogP contribution in [0.3, 0.4) is 0 Å². The van der Waals surface area contributed by atoms with Gasteiger partial charge >= 0.3 is 0 Å². The number of aromatic nitrogens is 7. The van der Waals surface area contributed by atoms with Crippen LogP contribution in [0.25, 0.3) is 95.8 Å². The van der Waals surface area contributed by atoms with Crippen LogP contribution < -0.4 is 0 Å². The summed E-state index contributed by atoms with van der Waals surface area (Å²) in [6.07, 6.45) is 0. The van der Waals surface area contributed by atoms with Crippen molar-refractivity contribution in [2.45, 2.75) is 52.4 Å². The zero-order valence-corrected chi connectivity index (χ0v) is 36.4. The first-order chi connectivity index (χ1) is 30.5. The maximum absolute atomic E-state index is 5.32. The first kappa shape index (κ1) is 39.5. The Morgan fingerprint density at radius 3 is 1.00 bits per heavy atom. The predicted octanol–water partition coefficient (Wildman–Crippen LogP) is 13.8. The van der Waals surface area contributed by atoms with Gasteiger partial charge in [0.1, 0.15) is 0 Å². The summed E-state index contributed by atoms with van der Waals surface area (Å²) in [6, 6.07) is 60.6.